The van der Waals surface area contributed by atoms with Crippen LogP contribution >= 0.6 is 0 Å². The van der Waals surface area contributed by atoms with Crippen LogP contribution in [0.3, 0.4) is 0 Å². The highest BCUT2D eigenvalue weighted by molar-refractivity contribution is 5.75. The van der Waals surface area contributed by atoms with Gasteiger partial charge in [-0.05, 0) is 70.5 Å². The van der Waals surface area contributed by atoms with Gasteiger partial charge in [-0.15, -0.1) is 0 Å². The van der Waals surface area contributed by atoms with E-state index in [-0.39, 0.29) is 29.8 Å². The number of rotatable bonds is 7. The van der Waals surface area contributed by atoms with E-state index in [0.717, 1.165) is 43.3 Å². The highest BCUT2D eigenvalue weighted by atomic mass is 19.1. The standard InChI is InChI=1S/C24H31F2N3O2/c1-17(2)31-21-8-4-18(5-9-21)15-29(16-19-6-7-20(25)14-22(19)26)23(30)28-24(3)10-12-27-13-11-24/h4-9,14,17,27H,10-13,15-16H2,1-3H3,(H,28,30). The van der Waals surface area contributed by atoms with E-state index in [4.69, 9.17) is 4.74 Å². The van der Waals surface area contributed by atoms with Crippen molar-refractivity contribution in [1.29, 1.82) is 0 Å². The molecule has 0 aromatic heterocycles. The van der Waals surface area contributed by atoms with Crippen molar-refractivity contribution in [2.75, 3.05) is 13.1 Å². The lowest BCUT2D eigenvalue weighted by Gasteiger charge is -2.37. The number of carbonyl (C=O) groups is 1. The Bertz CT molecular complexity index is 881. The average molecular weight is 432 g/mol. The van der Waals surface area contributed by atoms with Crippen molar-refractivity contribution in [3.05, 3.63) is 65.2 Å². The molecule has 0 unspecified atom stereocenters. The summed E-state index contributed by atoms with van der Waals surface area (Å²) in [5.41, 5.74) is 0.840. The minimum Gasteiger partial charge on any atom is -0.491 e. The predicted molar refractivity (Wildman–Crippen MR) is 117 cm³/mol. The monoisotopic (exact) mass is 431 g/mol. The third-order valence-corrected chi connectivity index (χ3v) is 5.45. The lowest BCUT2D eigenvalue weighted by Crippen LogP contribution is -2.55. The van der Waals surface area contributed by atoms with Gasteiger partial charge >= 0.3 is 6.03 Å². The molecule has 3 rings (SSSR count). The Labute approximate surface area is 182 Å². The van der Waals surface area contributed by atoms with E-state index in [1.807, 2.05) is 45.0 Å². The third kappa shape index (κ3) is 6.66. The molecule has 1 aliphatic rings. The van der Waals surface area contributed by atoms with Crippen molar-refractivity contribution in [3.8, 4) is 5.75 Å². The van der Waals surface area contributed by atoms with Crippen LogP contribution < -0.4 is 15.4 Å². The number of carbonyl (C=O) groups excluding carboxylic acids is 1. The third-order valence-electron chi connectivity index (χ3n) is 5.45. The minimum atomic E-state index is -0.661. The van der Waals surface area contributed by atoms with E-state index in [9.17, 15) is 13.6 Å². The average Bonchev–Trinajstić information content (AvgIpc) is 2.70. The number of ether oxygens (including phenoxy) is 1. The molecule has 168 valence electrons. The van der Waals surface area contributed by atoms with Crippen molar-refractivity contribution < 1.29 is 18.3 Å². The second kappa shape index (κ2) is 10.1. The molecule has 31 heavy (non-hydrogen) atoms. The first-order valence-corrected chi connectivity index (χ1v) is 10.7. The summed E-state index contributed by atoms with van der Waals surface area (Å²) in [7, 11) is 0. The Morgan fingerprint density at radius 3 is 2.42 bits per heavy atom. The van der Waals surface area contributed by atoms with Gasteiger partial charge in [0.15, 0.2) is 0 Å². The maximum absolute atomic E-state index is 14.3. The quantitative estimate of drug-likeness (QED) is 0.673. The Kier molecular flexibility index (Phi) is 7.49. The largest absolute Gasteiger partial charge is 0.491 e. The predicted octanol–water partition coefficient (Wildman–Crippen LogP) is 4.61. The van der Waals surface area contributed by atoms with Crippen LogP contribution in [0, 0.1) is 11.6 Å². The van der Waals surface area contributed by atoms with Gasteiger partial charge in [0.1, 0.15) is 17.4 Å². The van der Waals surface area contributed by atoms with E-state index in [2.05, 4.69) is 10.6 Å². The van der Waals surface area contributed by atoms with Crippen molar-refractivity contribution in [1.82, 2.24) is 15.5 Å². The Balaban J connectivity index is 1.78. The molecule has 2 aromatic carbocycles. The fourth-order valence-corrected chi connectivity index (χ4v) is 3.66. The summed E-state index contributed by atoms with van der Waals surface area (Å²) in [5, 5.41) is 6.42. The molecule has 7 heteroatoms. The SMILES string of the molecule is CC(C)Oc1ccc(CN(Cc2ccc(F)cc2F)C(=O)NC2(C)CCNCC2)cc1. The van der Waals surface area contributed by atoms with Gasteiger partial charge in [-0.2, -0.15) is 0 Å². The summed E-state index contributed by atoms with van der Waals surface area (Å²) in [6.45, 7) is 7.94. The van der Waals surface area contributed by atoms with E-state index >= 15 is 0 Å². The van der Waals surface area contributed by atoms with Crippen molar-refractivity contribution in [2.45, 2.75) is 58.3 Å². The zero-order valence-corrected chi connectivity index (χ0v) is 18.4. The second-order valence-electron chi connectivity index (χ2n) is 8.64. The van der Waals surface area contributed by atoms with Crippen LogP contribution in [0.4, 0.5) is 13.6 Å². The zero-order valence-electron chi connectivity index (χ0n) is 18.4. The molecule has 2 N–H and O–H groups in total. The van der Waals surface area contributed by atoms with Gasteiger partial charge < -0.3 is 20.3 Å². The summed E-state index contributed by atoms with van der Waals surface area (Å²) in [6, 6.07) is 10.7. The van der Waals surface area contributed by atoms with Crippen molar-refractivity contribution in [3.63, 3.8) is 0 Å². The highest BCUT2D eigenvalue weighted by Crippen LogP contribution is 2.21. The lowest BCUT2D eigenvalue weighted by molar-refractivity contribution is 0.170. The first kappa shape index (κ1) is 23.0. The molecule has 1 saturated heterocycles. The van der Waals surface area contributed by atoms with Crippen LogP contribution in [0.15, 0.2) is 42.5 Å². The van der Waals surface area contributed by atoms with Crippen LogP contribution in [0.1, 0.15) is 44.7 Å². The minimum absolute atomic E-state index is 0.0382. The van der Waals surface area contributed by atoms with E-state index in [0.29, 0.717) is 6.54 Å². The zero-order chi connectivity index (χ0) is 22.4. The molecule has 2 amide bonds. The van der Waals surface area contributed by atoms with Crippen LogP contribution in [-0.2, 0) is 13.1 Å². The molecule has 0 saturated carbocycles. The molecule has 1 aliphatic heterocycles. The van der Waals surface area contributed by atoms with Gasteiger partial charge in [0.05, 0.1) is 12.6 Å². The Morgan fingerprint density at radius 1 is 1.13 bits per heavy atom. The van der Waals surface area contributed by atoms with E-state index in [1.165, 1.54) is 12.1 Å². The summed E-state index contributed by atoms with van der Waals surface area (Å²) >= 11 is 0. The Morgan fingerprint density at radius 2 is 1.81 bits per heavy atom. The number of halogens is 2. The van der Waals surface area contributed by atoms with Crippen LogP contribution in [0.5, 0.6) is 5.75 Å². The van der Waals surface area contributed by atoms with Gasteiger partial charge in [-0.3, -0.25) is 0 Å². The van der Waals surface area contributed by atoms with Crippen LogP contribution in [-0.4, -0.2) is 35.7 Å². The van der Waals surface area contributed by atoms with E-state index < -0.39 is 11.6 Å². The molecular formula is C24H31F2N3O2. The van der Waals surface area contributed by atoms with Gasteiger partial charge in [-0.25, -0.2) is 13.6 Å². The molecule has 0 spiro atoms. The molecule has 0 atom stereocenters. The summed E-state index contributed by atoms with van der Waals surface area (Å²) in [4.78, 5) is 14.7. The summed E-state index contributed by atoms with van der Waals surface area (Å²) in [5.74, 6) is -0.548. The van der Waals surface area contributed by atoms with Gasteiger partial charge in [0, 0.05) is 23.7 Å². The van der Waals surface area contributed by atoms with Crippen molar-refractivity contribution >= 4 is 6.03 Å². The number of nitrogens with one attached hydrogen (secondary N) is 2. The first-order chi connectivity index (χ1) is 14.7. The molecule has 0 aliphatic carbocycles. The number of piperidine rings is 1. The lowest BCUT2D eigenvalue weighted by atomic mass is 9.91. The molecule has 1 fully saturated rings. The first-order valence-electron chi connectivity index (χ1n) is 10.7. The summed E-state index contributed by atoms with van der Waals surface area (Å²) < 4.78 is 33.3. The number of benzene rings is 2. The molecular weight excluding hydrogens is 400 g/mol. The fraction of sp³-hybridized carbons (Fsp3) is 0.458. The number of hydrogen-bond acceptors (Lipinski definition) is 3. The van der Waals surface area contributed by atoms with Gasteiger partial charge in [0.25, 0.3) is 0 Å². The van der Waals surface area contributed by atoms with Crippen LogP contribution in [0.25, 0.3) is 0 Å². The molecule has 5 nitrogen and oxygen atoms in total. The second-order valence-corrected chi connectivity index (χ2v) is 8.64. The highest BCUT2D eigenvalue weighted by Gasteiger charge is 2.30. The smallest absolute Gasteiger partial charge is 0.318 e. The number of amides is 2. The molecule has 0 bridgehead atoms. The fourth-order valence-electron chi connectivity index (χ4n) is 3.66. The molecule has 1 heterocycles. The maximum Gasteiger partial charge on any atom is 0.318 e. The summed E-state index contributed by atoms with van der Waals surface area (Å²) in [6.07, 6.45) is 1.71. The van der Waals surface area contributed by atoms with E-state index in [1.54, 1.807) is 4.90 Å². The van der Waals surface area contributed by atoms with Gasteiger partial charge in [0.2, 0.25) is 0 Å². The maximum atomic E-state index is 14.3. The number of hydrogen-bond donors (Lipinski definition) is 2. The molecule has 0 radical (unpaired) electrons. The Hall–Kier alpha value is -2.67. The molecule has 2 aromatic rings. The number of urea groups is 1. The topological polar surface area (TPSA) is 53.6 Å². The van der Waals surface area contributed by atoms with Crippen molar-refractivity contribution in [2.24, 2.45) is 0 Å². The van der Waals surface area contributed by atoms with Gasteiger partial charge in [-0.1, -0.05) is 18.2 Å². The normalized spacial score (nSPS) is 15.5. The number of nitrogens with zero attached hydrogens (tertiary/aromatic N) is 1. The van der Waals surface area contributed by atoms with Crippen LogP contribution in [0.2, 0.25) is 0 Å².